The molecule has 0 aliphatic heterocycles. The summed E-state index contributed by atoms with van der Waals surface area (Å²) < 4.78 is 0. The minimum Gasteiger partial charge on any atom is -0.306 e. The van der Waals surface area contributed by atoms with Crippen LogP contribution in [0, 0.1) is 6.92 Å². The van der Waals surface area contributed by atoms with Crippen LogP contribution in [0.5, 0.6) is 0 Å². The standard InChI is InChI=1S/C17H25NS2/c1-6-9-18-16(13-11-19-10-12(13)2)14-7-8-15(20-14)17(3,4)5/h7-8,10-11,16,18H,6,9H2,1-5H3. The molecule has 1 N–H and O–H groups in total. The molecule has 110 valence electrons. The molecule has 2 heterocycles. The Morgan fingerprint density at radius 1 is 1.20 bits per heavy atom. The molecule has 0 bridgehead atoms. The van der Waals surface area contributed by atoms with E-state index in [2.05, 4.69) is 62.8 Å². The van der Waals surface area contributed by atoms with Gasteiger partial charge in [0.2, 0.25) is 0 Å². The Hall–Kier alpha value is -0.640. The van der Waals surface area contributed by atoms with Crippen molar-refractivity contribution in [2.24, 2.45) is 0 Å². The van der Waals surface area contributed by atoms with E-state index in [1.54, 1.807) is 11.3 Å². The fourth-order valence-corrected chi connectivity index (χ4v) is 4.27. The van der Waals surface area contributed by atoms with Gasteiger partial charge in [-0.15, -0.1) is 11.3 Å². The summed E-state index contributed by atoms with van der Waals surface area (Å²) in [7, 11) is 0. The van der Waals surface area contributed by atoms with E-state index in [4.69, 9.17) is 0 Å². The topological polar surface area (TPSA) is 12.0 Å². The van der Waals surface area contributed by atoms with Gasteiger partial charge in [-0.2, -0.15) is 11.3 Å². The molecule has 1 nitrogen and oxygen atoms in total. The molecule has 0 fully saturated rings. The van der Waals surface area contributed by atoms with Crippen molar-refractivity contribution in [3.05, 3.63) is 43.8 Å². The van der Waals surface area contributed by atoms with Crippen LogP contribution in [-0.4, -0.2) is 6.54 Å². The maximum absolute atomic E-state index is 3.71. The first-order valence-electron chi connectivity index (χ1n) is 7.29. The normalized spacial score (nSPS) is 13.7. The second-order valence-electron chi connectivity index (χ2n) is 6.35. The van der Waals surface area contributed by atoms with Gasteiger partial charge in [-0.25, -0.2) is 0 Å². The van der Waals surface area contributed by atoms with Crippen molar-refractivity contribution in [2.75, 3.05) is 6.54 Å². The Morgan fingerprint density at radius 2 is 1.95 bits per heavy atom. The lowest BCUT2D eigenvalue weighted by molar-refractivity contribution is 0.603. The highest BCUT2D eigenvalue weighted by atomic mass is 32.1. The molecule has 0 spiro atoms. The summed E-state index contributed by atoms with van der Waals surface area (Å²) in [6.07, 6.45) is 1.16. The molecule has 1 atom stereocenters. The highest BCUT2D eigenvalue weighted by Crippen LogP contribution is 2.36. The third-order valence-corrected chi connectivity index (χ3v) is 5.91. The average molecular weight is 308 g/mol. The summed E-state index contributed by atoms with van der Waals surface area (Å²) in [5.41, 5.74) is 3.07. The summed E-state index contributed by atoms with van der Waals surface area (Å²) in [5, 5.41) is 8.25. The van der Waals surface area contributed by atoms with Crippen molar-refractivity contribution in [2.45, 2.75) is 52.5 Å². The predicted octanol–water partition coefficient (Wildman–Crippen LogP) is 5.50. The van der Waals surface area contributed by atoms with Crippen LogP contribution >= 0.6 is 22.7 Å². The van der Waals surface area contributed by atoms with E-state index in [9.17, 15) is 0 Å². The minimum absolute atomic E-state index is 0.238. The minimum atomic E-state index is 0.238. The van der Waals surface area contributed by atoms with Gasteiger partial charge in [-0.1, -0.05) is 27.7 Å². The molecular formula is C17H25NS2. The molecule has 0 saturated carbocycles. The molecule has 0 radical (unpaired) electrons. The van der Waals surface area contributed by atoms with Crippen molar-refractivity contribution in [1.82, 2.24) is 5.32 Å². The van der Waals surface area contributed by atoms with Gasteiger partial charge >= 0.3 is 0 Å². The number of aryl methyl sites for hydroxylation is 1. The van der Waals surface area contributed by atoms with Crippen LogP contribution in [0.1, 0.15) is 61.0 Å². The molecule has 0 aliphatic carbocycles. The first-order chi connectivity index (χ1) is 9.43. The van der Waals surface area contributed by atoms with Gasteiger partial charge in [0.15, 0.2) is 0 Å². The molecular weight excluding hydrogens is 282 g/mol. The monoisotopic (exact) mass is 307 g/mol. The Bertz CT molecular complexity index is 545. The molecule has 0 saturated heterocycles. The van der Waals surface area contributed by atoms with E-state index in [1.165, 1.54) is 20.9 Å². The molecule has 2 aromatic rings. The van der Waals surface area contributed by atoms with Crippen LogP contribution in [0.2, 0.25) is 0 Å². The second kappa shape index (κ2) is 6.42. The summed E-state index contributed by atoms with van der Waals surface area (Å²) in [4.78, 5) is 2.90. The SMILES string of the molecule is CCCNC(c1ccc(C(C)(C)C)s1)c1cscc1C. The third-order valence-electron chi connectivity index (χ3n) is 3.46. The van der Waals surface area contributed by atoms with Gasteiger partial charge in [-0.3, -0.25) is 0 Å². The number of nitrogens with one attached hydrogen (secondary N) is 1. The number of hydrogen-bond donors (Lipinski definition) is 1. The summed E-state index contributed by atoms with van der Waals surface area (Å²) in [6.45, 7) is 12.3. The highest BCUT2D eigenvalue weighted by molar-refractivity contribution is 7.12. The van der Waals surface area contributed by atoms with Gasteiger partial charge in [0.05, 0.1) is 6.04 Å². The fraction of sp³-hybridized carbons (Fsp3) is 0.529. The molecule has 0 amide bonds. The molecule has 2 aromatic heterocycles. The van der Waals surface area contributed by atoms with E-state index < -0.39 is 0 Å². The van der Waals surface area contributed by atoms with Crippen LogP contribution < -0.4 is 5.32 Å². The summed E-state index contributed by atoms with van der Waals surface area (Å²) >= 11 is 3.75. The quantitative estimate of drug-likeness (QED) is 0.768. The highest BCUT2D eigenvalue weighted by Gasteiger charge is 2.22. The van der Waals surface area contributed by atoms with Gasteiger partial charge in [-0.05, 0) is 59.3 Å². The van der Waals surface area contributed by atoms with Crippen molar-refractivity contribution < 1.29 is 0 Å². The van der Waals surface area contributed by atoms with E-state index in [0.29, 0.717) is 6.04 Å². The van der Waals surface area contributed by atoms with Crippen LogP contribution in [0.3, 0.4) is 0 Å². The van der Waals surface area contributed by atoms with Crippen molar-refractivity contribution in [1.29, 1.82) is 0 Å². The smallest absolute Gasteiger partial charge is 0.0681 e. The maximum atomic E-state index is 3.71. The van der Waals surface area contributed by atoms with Gasteiger partial charge in [0, 0.05) is 9.75 Å². The predicted molar refractivity (Wildman–Crippen MR) is 92.2 cm³/mol. The van der Waals surface area contributed by atoms with Crippen LogP contribution in [0.4, 0.5) is 0 Å². The molecule has 1 unspecified atom stereocenters. The number of thiophene rings is 2. The number of rotatable bonds is 5. The Morgan fingerprint density at radius 3 is 2.45 bits per heavy atom. The maximum Gasteiger partial charge on any atom is 0.0681 e. The molecule has 0 aromatic carbocycles. The van der Waals surface area contributed by atoms with E-state index in [-0.39, 0.29) is 5.41 Å². The zero-order chi connectivity index (χ0) is 14.8. The molecule has 3 heteroatoms. The van der Waals surface area contributed by atoms with Gasteiger partial charge in [0.1, 0.15) is 0 Å². The first-order valence-corrected chi connectivity index (χ1v) is 9.05. The zero-order valence-electron chi connectivity index (χ0n) is 13.1. The fourth-order valence-electron chi connectivity index (χ4n) is 2.23. The van der Waals surface area contributed by atoms with Crippen LogP contribution in [-0.2, 0) is 5.41 Å². The lowest BCUT2D eigenvalue weighted by Gasteiger charge is -2.19. The Kier molecular flexibility index (Phi) is 5.05. The average Bonchev–Trinajstić information content (AvgIpc) is 2.99. The molecule has 0 aliphatic rings. The summed E-state index contributed by atoms with van der Waals surface area (Å²) in [6, 6.07) is 4.94. The second-order valence-corrected chi connectivity index (χ2v) is 8.21. The summed E-state index contributed by atoms with van der Waals surface area (Å²) in [5.74, 6) is 0. The zero-order valence-corrected chi connectivity index (χ0v) is 14.8. The molecule has 20 heavy (non-hydrogen) atoms. The largest absolute Gasteiger partial charge is 0.306 e. The lowest BCUT2D eigenvalue weighted by atomic mass is 9.95. The Labute approximate surface area is 131 Å². The van der Waals surface area contributed by atoms with E-state index >= 15 is 0 Å². The Balaban J connectivity index is 2.32. The van der Waals surface area contributed by atoms with Gasteiger partial charge in [0.25, 0.3) is 0 Å². The van der Waals surface area contributed by atoms with Crippen LogP contribution in [0.25, 0.3) is 0 Å². The van der Waals surface area contributed by atoms with Crippen molar-refractivity contribution >= 4 is 22.7 Å². The van der Waals surface area contributed by atoms with Crippen molar-refractivity contribution in [3.63, 3.8) is 0 Å². The van der Waals surface area contributed by atoms with Crippen molar-refractivity contribution in [3.8, 4) is 0 Å². The number of hydrogen-bond acceptors (Lipinski definition) is 3. The lowest BCUT2D eigenvalue weighted by Crippen LogP contribution is -2.22. The van der Waals surface area contributed by atoms with E-state index in [0.717, 1.165) is 13.0 Å². The third kappa shape index (κ3) is 3.51. The first kappa shape index (κ1) is 15.7. The molecule has 2 rings (SSSR count). The van der Waals surface area contributed by atoms with Gasteiger partial charge < -0.3 is 5.32 Å². The van der Waals surface area contributed by atoms with E-state index in [1.807, 2.05) is 11.3 Å². The van der Waals surface area contributed by atoms with Crippen LogP contribution in [0.15, 0.2) is 22.9 Å².